The predicted octanol–water partition coefficient (Wildman–Crippen LogP) is 3.63. The van der Waals surface area contributed by atoms with Gasteiger partial charge in [0.1, 0.15) is 0 Å². The van der Waals surface area contributed by atoms with E-state index in [0.29, 0.717) is 11.3 Å². The molecule has 2 rings (SSSR count). The smallest absolute Gasteiger partial charge is 0.269 e. The number of nitrogens with one attached hydrogen (secondary N) is 3. The molecule has 6 heteroatoms. The van der Waals surface area contributed by atoms with E-state index in [2.05, 4.69) is 38.8 Å². The maximum atomic E-state index is 12.1. The lowest BCUT2D eigenvalue weighted by Crippen LogP contribution is -2.36. The van der Waals surface area contributed by atoms with Crippen LogP contribution in [0.1, 0.15) is 29.8 Å². The molecular formula is C19H20IN3O2. The van der Waals surface area contributed by atoms with Crippen molar-refractivity contribution < 1.29 is 9.59 Å². The molecule has 0 aliphatic carbocycles. The second kappa shape index (κ2) is 9.22. The minimum Gasteiger partial charge on any atom is -0.322 e. The Morgan fingerprint density at radius 2 is 1.72 bits per heavy atom. The second-order valence-electron chi connectivity index (χ2n) is 5.41. The first-order chi connectivity index (χ1) is 12.0. The van der Waals surface area contributed by atoms with Crippen LogP contribution in [0.3, 0.4) is 0 Å². The number of aryl methyl sites for hydroxylation is 1. The number of hydrogen-bond donors (Lipinski definition) is 3. The molecule has 0 aliphatic rings. The third-order valence-corrected chi connectivity index (χ3v) is 4.20. The van der Waals surface area contributed by atoms with Crippen molar-refractivity contribution in [2.45, 2.75) is 20.3 Å². The molecule has 0 heterocycles. The highest BCUT2D eigenvalue weighted by Crippen LogP contribution is 2.15. The number of benzene rings is 2. The monoisotopic (exact) mass is 449 g/mol. The molecule has 0 atom stereocenters. The summed E-state index contributed by atoms with van der Waals surface area (Å²) in [5.41, 5.74) is 8.25. The van der Waals surface area contributed by atoms with Gasteiger partial charge in [0, 0.05) is 26.6 Å². The standard InChI is InChI=1S/C19H20IN3O2/c1-3-14-6-4-5-7-17(14)21-18(24)12-13(2)22-23-19(25)15-8-10-16(20)11-9-15/h4-12,22H,3H2,1-2H3,(H,21,24)(H,23,25). The zero-order valence-electron chi connectivity index (χ0n) is 14.1. The van der Waals surface area contributed by atoms with Gasteiger partial charge in [-0.15, -0.1) is 0 Å². The Hall–Kier alpha value is -2.35. The lowest BCUT2D eigenvalue weighted by atomic mass is 10.1. The summed E-state index contributed by atoms with van der Waals surface area (Å²) in [6.45, 7) is 3.74. The fraction of sp³-hybridized carbons (Fsp3) is 0.158. The summed E-state index contributed by atoms with van der Waals surface area (Å²) >= 11 is 2.18. The molecule has 0 radical (unpaired) electrons. The van der Waals surface area contributed by atoms with Gasteiger partial charge in [0.2, 0.25) is 5.91 Å². The van der Waals surface area contributed by atoms with E-state index in [1.807, 2.05) is 43.3 Å². The molecule has 0 spiro atoms. The van der Waals surface area contributed by atoms with Crippen LogP contribution in [0, 0.1) is 3.57 Å². The van der Waals surface area contributed by atoms with Gasteiger partial charge in [-0.3, -0.25) is 15.0 Å². The van der Waals surface area contributed by atoms with Crippen LogP contribution in [0.15, 0.2) is 60.3 Å². The highest BCUT2D eigenvalue weighted by atomic mass is 127. The molecule has 0 aliphatic heterocycles. The van der Waals surface area contributed by atoms with Crippen LogP contribution in [-0.4, -0.2) is 11.8 Å². The predicted molar refractivity (Wildman–Crippen MR) is 108 cm³/mol. The number of allylic oxidation sites excluding steroid dienone is 1. The molecule has 2 aromatic rings. The van der Waals surface area contributed by atoms with E-state index in [1.165, 1.54) is 6.08 Å². The number of hydrazine groups is 1. The van der Waals surface area contributed by atoms with Crippen molar-refractivity contribution in [3.8, 4) is 0 Å². The number of carbonyl (C=O) groups is 2. The maximum Gasteiger partial charge on any atom is 0.269 e. The van der Waals surface area contributed by atoms with E-state index in [4.69, 9.17) is 0 Å². The summed E-state index contributed by atoms with van der Waals surface area (Å²) in [4.78, 5) is 24.1. The Kier molecular flexibility index (Phi) is 7.00. The molecule has 130 valence electrons. The second-order valence-corrected chi connectivity index (χ2v) is 6.66. The van der Waals surface area contributed by atoms with Crippen molar-refractivity contribution in [3.63, 3.8) is 0 Å². The van der Waals surface area contributed by atoms with Gasteiger partial charge in [0.05, 0.1) is 0 Å². The summed E-state index contributed by atoms with van der Waals surface area (Å²) < 4.78 is 1.06. The third-order valence-electron chi connectivity index (χ3n) is 3.48. The van der Waals surface area contributed by atoms with Crippen LogP contribution in [-0.2, 0) is 11.2 Å². The normalized spacial score (nSPS) is 10.9. The van der Waals surface area contributed by atoms with E-state index in [1.54, 1.807) is 19.1 Å². The van der Waals surface area contributed by atoms with Crippen LogP contribution in [0.4, 0.5) is 5.69 Å². The molecule has 2 aromatic carbocycles. The Labute approximate surface area is 161 Å². The van der Waals surface area contributed by atoms with Gasteiger partial charge in [-0.2, -0.15) is 0 Å². The topological polar surface area (TPSA) is 70.2 Å². The van der Waals surface area contributed by atoms with Gasteiger partial charge in [0.15, 0.2) is 0 Å². The lowest BCUT2D eigenvalue weighted by Gasteiger charge is -2.10. The molecule has 5 nitrogen and oxygen atoms in total. The molecule has 0 aromatic heterocycles. The average Bonchev–Trinajstić information content (AvgIpc) is 2.60. The van der Waals surface area contributed by atoms with Crippen molar-refractivity contribution in [1.29, 1.82) is 0 Å². The van der Waals surface area contributed by atoms with Crippen molar-refractivity contribution >= 4 is 40.1 Å². The number of halogens is 1. The van der Waals surface area contributed by atoms with E-state index < -0.39 is 0 Å². The molecule has 0 fully saturated rings. The highest BCUT2D eigenvalue weighted by Gasteiger charge is 2.06. The number of hydrogen-bond acceptors (Lipinski definition) is 3. The number of anilines is 1. The maximum absolute atomic E-state index is 12.1. The molecule has 0 unspecified atom stereocenters. The first-order valence-electron chi connectivity index (χ1n) is 7.88. The Morgan fingerprint density at radius 1 is 1.04 bits per heavy atom. The first kappa shape index (κ1) is 19.0. The minimum atomic E-state index is -0.263. The van der Waals surface area contributed by atoms with Crippen LogP contribution < -0.4 is 16.2 Å². The van der Waals surface area contributed by atoms with Gasteiger partial charge >= 0.3 is 0 Å². The molecular weight excluding hydrogens is 429 g/mol. The first-order valence-corrected chi connectivity index (χ1v) is 8.96. The summed E-state index contributed by atoms with van der Waals surface area (Å²) in [7, 11) is 0. The van der Waals surface area contributed by atoms with Gasteiger partial charge in [0.25, 0.3) is 5.91 Å². The molecule has 0 saturated heterocycles. The SMILES string of the molecule is CCc1ccccc1NC(=O)C=C(C)NNC(=O)c1ccc(I)cc1. The Balaban J connectivity index is 1.91. The van der Waals surface area contributed by atoms with E-state index >= 15 is 0 Å². The summed E-state index contributed by atoms with van der Waals surface area (Å²) in [5, 5.41) is 2.85. The van der Waals surface area contributed by atoms with E-state index in [9.17, 15) is 9.59 Å². The zero-order chi connectivity index (χ0) is 18.2. The van der Waals surface area contributed by atoms with Gasteiger partial charge in [-0.25, -0.2) is 0 Å². The van der Waals surface area contributed by atoms with E-state index in [0.717, 1.165) is 21.2 Å². The number of carbonyl (C=O) groups excluding carboxylic acids is 2. The summed E-state index contributed by atoms with van der Waals surface area (Å²) in [6, 6.07) is 14.9. The zero-order valence-corrected chi connectivity index (χ0v) is 16.3. The van der Waals surface area contributed by atoms with Crippen LogP contribution in [0.5, 0.6) is 0 Å². The van der Waals surface area contributed by atoms with Crippen molar-refractivity contribution in [1.82, 2.24) is 10.9 Å². The largest absolute Gasteiger partial charge is 0.322 e. The Bertz CT molecular complexity index is 786. The molecule has 0 saturated carbocycles. The van der Waals surface area contributed by atoms with Gasteiger partial charge in [-0.1, -0.05) is 25.1 Å². The number of amides is 2. The fourth-order valence-electron chi connectivity index (χ4n) is 2.18. The lowest BCUT2D eigenvalue weighted by molar-refractivity contribution is -0.112. The quantitative estimate of drug-likeness (QED) is 0.359. The molecule has 2 amide bonds. The number of para-hydroxylation sites is 1. The van der Waals surface area contributed by atoms with Gasteiger partial charge in [-0.05, 0) is 71.8 Å². The van der Waals surface area contributed by atoms with E-state index in [-0.39, 0.29) is 11.8 Å². The Morgan fingerprint density at radius 3 is 2.40 bits per heavy atom. The van der Waals surface area contributed by atoms with Crippen molar-refractivity contribution in [2.75, 3.05) is 5.32 Å². The third kappa shape index (κ3) is 5.90. The molecule has 25 heavy (non-hydrogen) atoms. The molecule has 3 N–H and O–H groups in total. The van der Waals surface area contributed by atoms with Crippen LogP contribution in [0.25, 0.3) is 0 Å². The fourth-order valence-corrected chi connectivity index (χ4v) is 2.54. The van der Waals surface area contributed by atoms with Crippen molar-refractivity contribution in [2.24, 2.45) is 0 Å². The minimum absolute atomic E-state index is 0.255. The summed E-state index contributed by atoms with van der Waals surface area (Å²) in [5.74, 6) is -0.518. The molecule has 0 bridgehead atoms. The van der Waals surface area contributed by atoms with Crippen LogP contribution in [0.2, 0.25) is 0 Å². The van der Waals surface area contributed by atoms with Gasteiger partial charge < -0.3 is 10.7 Å². The number of rotatable bonds is 6. The highest BCUT2D eigenvalue weighted by molar-refractivity contribution is 14.1. The summed E-state index contributed by atoms with van der Waals surface area (Å²) in [6.07, 6.45) is 2.24. The van der Waals surface area contributed by atoms with Crippen LogP contribution >= 0.6 is 22.6 Å². The van der Waals surface area contributed by atoms with Crippen molar-refractivity contribution in [3.05, 3.63) is 75.0 Å². The average molecular weight is 449 g/mol.